The topological polar surface area (TPSA) is 88.0 Å². The zero-order valence-corrected chi connectivity index (χ0v) is 8.62. The molecule has 0 aliphatic carbocycles. The SMILES string of the molecule is CCC(CN)NC(=O)c1ccc[nH]c1=O. The summed E-state index contributed by atoms with van der Waals surface area (Å²) < 4.78 is 0. The number of carbonyl (C=O) groups is 1. The van der Waals surface area contributed by atoms with Crippen molar-refractivity contribution < 1.29 is 4.79 Å². The summed E-state index contributed by atoms with van der Waals surface area (Å²) in [5.74, 6) is -0.380. The van der Waals surface area contributed by atoms with Crippen molar-refractivity contribution in [2.75, 3.05) is 6.54 Å². The first-order chi connectivity index (χ1) is 7.19. The van der Waals surface area contributed by atoms with E-state index in [1.807, 2.05) is 6.92 Å². The standard InChI is InChI=1S/C10H15N3O2/c1-2-7(6-11)13-10(15)8-4-3-5-12-9(8)14/h3-5,7H,2,6,11H2,1H3,(H,12,14)(H,13,15). The third-order valence-electron chi connectivity index (χ3n) is 2.18. The van der Waals surface area contributed by atoms with E-state index in [1.54, 1.807) is 6.07 Å². The summed E-state index contributed by atoms with van der Waals surface area (Å²) in [5.41, 5.74) is 5.18. The number of nitrogens with one attached hydrogen (secondary N) is 2. The van der Waals surface area contributed by atoms with E-state index in [2.05, 4.69) is 10.3 Å². The van der Waals surface area contributed by atoms with Crippen molar-refractivity contribution in [3.8, 4) is 0 Å². The van der Waals surface area contributed by atoms with Crippen LogP contribution in [0.5, 0.6) is 0 Å². The van der Waals surface area contributed by atoms with E-state index in [0.717, 1.165) is 6.42 Å². The van der Waals surface area contributed by atoms with Gasteiger partial charge < -0.3 is 16.0 Å². The second kappa shape index (κ2) is 5.31. The third-order valence-corrected chi connectivity index (χ3v) is 2.18. The van der Waals surface area contributed by atoms with Crippen molar-refractivity contribution in [2.45, 2.75) is 19.4 Å². The molecule has 4 N–H and O–H groups in total. The van der Waals surface area contributed by atoms with Crippen LogP contribution >= 0.6 is 0 Å². The molecule has 0 saturated heterocycles. The van der Waals surface area contributed by atoms with Gasteiger partial charge in [0.05, 0.1) is 0 Å². The lowest BCUT2D eigenvalue weighted by Crippen LogP contribution is -2.41. The molecule has 15 heavy (non-hydrogen) atoms. The fourth-order valence-electron chi connectivity index (χ4n) is 1.19. The summed E-state index contributed by atoms with van der Waals surface area (Å²) in [6.45, 7) is 2.29. The van der Waals surface area contributed by atoms with Gasteiger partial charge in [-0.2, -0.15) is 0 Å². The van der Waals surface area contributed by atoms with E-state index in [4.69, 9.17) is 5.73 Å². The van der Waals surface area contributed by atoms with E-state index in [0.29, 0.717) is 6.54 Å². The Morgan fingerprint density at radius 3 is 2.93 bits per heavy atom. The van der Waals surface area contributed by atoms with E-state index >= 15 is 0 Å². The molecule has 0 fully saturated rings. The number of aromatic nitrogens is 1. The fourth-order valence-corrected chi connectivity index (χ4v) is 1.19. The highest BCUT2D eigenvalue weighted by Gasteiger charge is 2.12. The Balaban J connectivity index is 2.78. The molecular formula is C10H15N3O2. The number of carbonyl (C=O) groups excluding carboxylic acids is 1. The molecular weight excluding hydrogens is 194 g/mol. The number of aromatic amines is 1. The normalized spacial score (nSPS) is 12.1. The lowest BCUT2D eigenvalue weighted by molar-refractivity contribution is 0.0935. The molecule has 1 unspecified atom stereocenters. The summed E-state index contributed by atoms with van der Waals surface area (Å²) in [4.78, 5) is 25.3. The molecule has 1 atom stereocenters. The van der Waals surface area contributed by atoms with E-state index < -0.39 is 0 Å². The summed E-state index contributed by atoms with van der Waals surface area (Å²) in [6.07, 6.45) is 2.23. The highest BCUT2D eigenvalue weighted by atomic mass is 16.2. The fraction of sp³-hybridized carbons (Fsp3) is 0.400. The lowest BCUT2D eigenvalue weighted by Gasteiger charge is -2.13. The molecule has 1 aromatic heterocycles. The van der Waals surface area contributed by atoms with Crippen LogP contribution in [0.25, 0.3) is 0 Å². The molecule has 0 bridgehead atoms. The smallest absolute Gasteiger partial charge is 0.260 e. The first kappa shape index (κ1) is 11.5. The summed E-state index contributed by atoms with van der Waals surface area (Å²) in [5, 5.41) is 2.69. The van der Waals surface area contributed by atoms with E-state index in [9.17, 15) is 9.59 Å². The van der Waals surface area contributed by atoms with Crippen LogP contribution in [-0.2, 0) is 0 Å². The Labute approximate surface area is 87.7 Å². The van der Waals surface area contributed by atoms with Crippen LogP contribution in [-0.4, -0.2) is 23.5 Å². The Hall–Kier alpha value is -1.62. The van der Waals surface area contributed by atoms with Crippen LogP contribution in [0.3, 0.4) is 0 Å². The number of amides is 1. The molecule has 1 heterocycles. The van der Waals surface area contributed by atoms with Crippen LogP contribution in [0, 0.1) is 0 Å². The van der Waals surface area contributed by atoms with Gasteiger partial charge >= 0.3 is 0 Å². The van der Waals surface area contributed by atoms with Gasteiger partial charge in [-0.1, -0.05) is 6.92 Å². The predicted molar refractivity (Wildman–Crippen MR) is 57.7 cm³/mol. The lowest BCUT2D eigenvalue weighted by atomic mass is 10.2. The predicted octanol–water partition coefficient (Wildman–Crippen LogP) is -0.158. The van der Waals surface area contributed by atoms with Gasteiger partial charge in [-0.15, -0.1) is 0 Å². The molecule has 1 amide bonds. The second-order valence-electron chi connectivity index (χ2n) is 3.23. The molecule has 0 spiro atoms. The van der Waals surface area contributed by atoms with Crippen molar-refractivity contribution in [2.24, 2.45) is 5.73 Å². The summed E-state index contributed by atoms with van der Waals surface area (Å²) in [7, 11) is 0. The number of nitrogens with two attached hydrogens (primary N) is 1. The van der Waals surface area contributed by atoms with Crippen LogP contribution in [0.2, 0.25) is 0 Å². The average molecular weight is 209 g/mol. The molecule has 5 heteroatoms. The molecule has 0 saturated carbocycles. The molecule has 5 nitrogen and oxygen atoms in total. The monoisotopic (exact) mass is 209 g/mol. The second-order valence-corrected chi connectivity index (χ2v) is 3.23. The first-order valence-corrected chi connectivity index (χ1v) is 4.87. The zero-order valence-electron chi connectivity index (χ0n) is 8.62. The molecule has 0 aliphatic rings. The van der Waals surface area contributed by atoms with Crippen molar-refractivity contribution in [1.82, 2.24) is 10.3 Å². The van der Waals surface area contributed by atoms with Crippen LogP contribution in [0.15, 0.2) is 23.1 Å². The van der Waals surface area contributed by atoms with Gasteiger partial charge in [0.25, 0.3) is 11.5 Å². The van der Waals surface area contributed by atoms with Crippen molar-refractivity contribution in [3.63, 3.8) is 0 Å². The van der Waals surface area contributed by atoms with Crippen molar-refractivity contribution >= 4 is 5.91 Å². The highest BCUT2D eigenvalue weighted by molar-refractivity contribution is 5.93. The Kier molecular flexibility index (Phi) is 4.05. The van der Waals surface area contributed by atoms with Gasteiger partial charge in [-0.3, -0.25) is 9.59 Å². The van der Waals surface area contributed by atoms with E-state index in [-0.39, 0.29) is 23.1 Å². The number of hydrogen-bond donors (Lipinski definition) is 3. The van der Waals surface area contributed by atoms with Gasteiger partial charge in [-0.05, 0) is 18.6 Å². The zero-order chi connectivity index (χ0) is 11.3. The minimum absolute atomic E-state index is 0.0860. The molecule has 1 rings (SSSR count). The maximum absolute atomic E-state index is 11.6. The molecule has 0 radical (unpaired) electrons. The number of rotatable bonds is 4. The molecule has 0 aliphatic heterocycles. The Morgan fingerprint density at radius 1 is 1.67 bits per heavy atom. The van der Waals surface area contributed by atoms with Crippen molar-refractivity contribution in [3.05, 3.63) is 34.2 Å². The van der Waals surface area contributed by atoms with Gasteiger partial charge in [0.2, 0.25) is 0 Å². The highest BCUT2D eigenvalue weighted by Crippen LogP contribution is 1.93. The third kappa shape index (κ3) is 2.92. The largest absolute Gasteiger partial charge is 0.348 e. The minimum atomic E-state index is -0.387. The quantitative estimate of drug-likeness (QED) is 0.644. The molecule has 82 valence electrons. The molecule has 0 aromatic carbocycles. The minimum Gasteiger partial charge on any atom is -0.348 e. The Bertz CT molecular complexity index is 382. The number of hydrogen-bond acceptors (Lipinski definition) is 3. The van der Waals surface area contributed by atoms with Gasteiger partial charge in [-0.25, -0.2) is 0 Å². The maximum atomic E-state index is 11.6. The Morgan fingerprint density at radius 2 is 2.40 bits per heavy atom. The van der Waals surface area contributed by atoms with Gasteiger partial charge in [0.1, 0.15) is 5.56 Å². The average Bonchev–Trinajstić information content (AvgIpc) is 2.26. The maximum Gasteiger partial charge on any atom is 0.260 e. The number of H-pyrrole nitrogens is 1. The van der Waals surface area contributed by atoms with Gasteiger partial charge in [0.15, 0.2) is 0 Å². The summed E-state index contributed by atoms with van der Waals surface area (Å²) in [6, 6.07) is 3.01. The van der Waals surface area contributed by atoms with Crippen molar-refractivity contribution in [1.29, 1.82) is 0 Å². The van der Waals surface area contributed by atoms with E-state index in [1.165, 1.54) is 12.3 Å². The summed E-state index contributed by atoms with van der Waals surface area (Å²) >= 11 is 0. The van der Waals surface area contributed by atoms with Crippen LogP contribution in [0.4, 0.5) is 0 Å². The van der Waals surface area contributed by atoms with Crippen LogP contribution in [0.1, 0.15) is 23.7 Å². The van der Waals surface area contributed by atoms with Crippen LogP contribution < -0.4 is 16.6 Å². The van der Waals surface area contributed by atoms with Gasteiger partial charge in [0, 0.05) is 18.8 Å². The first-order valence-electron chi connectivity index (χ1n) is 4.87. The number of pyridine rings is 1. The molecule has 1 aromatic rings.